The Balaban J connectivity index is 1.62. The minimum atomic E-state index is -1.55. The molecule has 0 bridgehead atoms. The molecule has 2 aliphatic carbocycles. The Labute approximate surface area is 144 Å². The second kappa shape index (κ2) is 4.75. The van der Waals surface area contributed by atoms with Crippen LogP contribution < -0.4 is 0 Å². The predicted octanol–water partition coefficient (Wildman–Crippen LogP) is 2.64. The van der Waals surface area contributed by atoms with Crippen LogP contribution in [0.4, 0.5) is 0 Å². The summed E-state index contributed by atoms with van der Waals surface area (Å²) in [4.78, 5) is 25.3. The van der Waals surface area contributed by atoms with Crippen LogP contribution in [0.5, 0.6) is 0 Å². The number of hydrogen-bond donors (Lipinski definition) is 1. The normalized spacial score (nSPS) is 42.6. The molecule has 1 spiro atoms. The summed E-state index contributed by atoms with van der Waals surface area (Å²) in [5, 5.41) is 11.0. The van der Waals surface area contributed by atoms with Gasteiger partial charge in [0.05, 0.1) is 17.9 Å². The van der Waals surface area contributed by atoms with Crippen molar-refractivity contribution in [2.24, 2.45) is 17.3 Å². The molecule has 0 amide bonds. The highest BCUT2D eigenvalue weighted by Gasteiger charge is 2.68. The standard InChI is InChI=1S/C19H20O6/c1-10-7-19(22)15-12(16(20)25-19)3-2-4-13(15)18(10)8-14(24-17(18)21)11-5-6-23-9-11/h5-6,9-10,13-14,22H,2-4,7-8H2,1H3/t10-,13+,14+,18+,19-/m1/s1. The third-order valence-electron chi connectivity index (χ3n) is 6.67. The van der Waals surface area contributed by atoms with Gasteiger partial charge in [0.15, 0.2) is 0 Å². The largest absolute Gasteiger partial charge is 0.472 e. The van der Waals surface area contributed by atoms with Gasteiger partial charge < -0.3 is 19.0 Å². The molecule has 0 radical (unpaired) electrons. The Morgan fingerprint density at radius 2 is 2.12 bits per heavy atom. The molecule has 1 saturated heterocycles. The van der Waals surface area contributed by atoms with Gasteiger partial charge in [0.25, 0.3) is 0 Å². The van der Waals surface area contributed by atoms with Gasteiger partial charge in [0.1, 0.15) is 6.10 Å². The molecular formula is C19H20O6. The number of furan rings is 1. The first kappa shape index (κ1) is 15.2. The van der Waals surface area contributed by atoms with Gasteiger partial charge >= 0.3 is 11.9 Å². The Bertz CT molecular complexity index is 793. The zero-order valence-corrected chi connectivity index (χ0v) is 14.0. The van der Waals surface area contributed by atoms with Crippen LogP contribution in [0.3, 0.4) is 0 Å². The Morgan fingerprint density at radius 1 is 1.28 bits per heavy atom. The van der Waals surface area contributed by atoms with E-state index in [9.17, 15) is 14.7 Å². The van der Waals surface area contributed by atoms with Gasteiger partial charge in [0, 0.05) is 35.5 Å². The smallest absolute Gasteiger partial charge is 0.336 e. The summed E-state index contributed by atoms with van der Waals surface area (Å²) in [6, 6.07) is 1.81. The van der Waals surface area contributed by atoms with Crippen molar-refractivity contribution in [3.8, 4) is 0 Å². The summed E-state index contributed by atoms with van der Waals surface area (Å²) in [5.41, 5.74) is 1.35. The highest BCUT2D eigenvalue weighted by Crippen LogP contribution is 2.64. The van der Waals surface area contributed by atoms with Gasteiger partial charge in [0.2, 0.25) is 5.79 Å². The molecule has 6 nitrogen and oxygen atoms in total. The number of fused-ring (bicyclic) bond motifs is 1. The van der Waals surface area contributed by atoms with Crippen molar-refractivity contribution >= 4 is 11.9 Å². The van der Waals surface area contributed by atoms with Crippen LogP contribution in [-0.4, -0.2) is 22.8 Å². The minimum Gasteiger partial charge on any atom is -0.472 e. The average Bonchev–Trinajstić information content (AvgIpc) is 3.25. The van der Waals surface area contributed by atoms with E-state index in [-0.39, 0.29) is 30.3 Å². The minimum absolute atomic E-state index is 0.152. The van der Waals surface area contributed by atoms with Crippen molar-refractivity contribution in [3.63, 3.8) is 0 Å². The van der Waals surface area contributed by atoms with Crippen LogP contribution in [-0.2, 0) is 19.1 Å². The Hall–Kier alpha value is -2.08. The molecule has 1 N–H and O–H groups in total. The molecule has 1 aromatic heterocycles. The lowest BCUT2D eigenvalue weighted by molar-refractivity contribution is -0.205. The van der Waals surface area contributed by atoms with Gasteiger partial charge in [-0.15, -0.1) is 0 Å². The third kappa shape index (κ3) is 1.78. The first-order chi connectivity index (χ1) is 12.0. The molecule has 0 unspecified atom stereocenters. The molecular weight excluding hydrogens is 324 g/mol. The lowest BCUT2D eigenvalue weighted by atomic mass is 9.53. The summed E-state index contributed by atoms with van der Waals surface area (Å²) < 4.78 is 16.2. The third-order valence-corrected chi connectivity index (χ3v) is 6.67. The Kier molecular flexibility index (Phi) is 2.89. The second-order valence-electron chi connectivity index (χ2n) is 7.81. The summed E-state index contributed by atoms with van der Waals surface area (Å²) in [5.74, 6) is -2.56. The summed E-state index contributed by atoms with van der Waals surface area (Å²) in [6.07, 6.45) is 5.79. The maximum atomic E-state index is 13.1. The molecule has 5 rings (SSSR count). The molecule has 132 valence electrons. The average molecular weight is 344 g/mol. The van der Waals surface area contributed by atoms with Crippen LogP contribution in [0.25, 0.3) is 0 Å². The molecule has 4 aliphatic rings. The zero-order chi connectivity index (χ0) is 17.4. The van der Waals surface area contributed by atoms with Crippen molar-refractivity contribution in [1.29, 1.82) is 0 Å². The van der Waals surface area contributed by atoms with Crippen molar-refractivity contribution in [2.75, 3.05) is 0 Å². The van der Waals surface area contributed by atoms with E-state index in [4.69, 9.17) is 13.9 Å². The molecule has 2 aliphatic heterocycles. The van der Waals surface area contributed by atoms with Crippen molar-refractivity contribution < 1.29 is 28.6 Å². The van der Waals surface area contributed by atoms with Gasteiger partial charge in [-0.3, -0.25) is 4.79 Å². The highest BCUT2D eigenvalue weighted by atomic mass is 16.7. The van der Waals surface area contributed by atoms with Gasteiger partial charge in [-0.25, -0.2) is 4.79 Å². The van der Waals surface area contributed by atoms with E-state index >= 15 is 0 Å². The van der Waals surface area contributed by atoms with Crippen molar-refractivity contribution in [1.82, 2.24) is 0 Å². The van der Waals surface area contributed by atoms with Crippen LogP contribution in [0.15, 0.2) is 34.2 Å². The number of ether oxygens (including phenoxy) is 2. The molecule has 2 fully saturated rings. The fourth-order valence-electron chi connectivity index (χ4n) is 5.57. The van der Waals surface area contributed by atoms with Crippen LogP contribution in [0, 0.1) is 17.3 Å². The summed E-state index contributed by atoms with van der Waals surface area (Å²) in [6.45, 7) is 1.95. The fourth-order valence-corrected chi connectivity index (χ4v) is 5.57. The number of carbonyl (C=O) groups is 2. The summed E-state index contributed by atoms with van der Waals surface area (Å²) >= 11 is 0. The van der Waals surface area contributed by atoms with Crippen LogP contribution in [0.2, 0.25) is 0 Å². The van der Waals surface area contributed by atoms with Crippen molar-refractivity contribution in [3.05, 3.63) is 35.3 Å². The zero-order valence-electron chi connectivity index (χ0n) is 14.0. The molecule has 1 aromatic rings. The van der Waals surface area contributed by atoms with E-state index in [0.29, 0.717) is 24.0 Å². The number of esters is 2. The topological polar surface area (TPSA) is 86.0 Å². The molecule has 6 heteroatoms. The number of carbonyl (C=O) groups excluding carboxylic acids is 2. The van der Waals surface area contributed by atoms with E-state index in [1.165, 1.54) is 0 Å². The van der Waals surface area contributed by atoms with Gasteiger partial charge in [-0.2, -0.15) is 0 Å². The number of rotatable bonds is 1. The molecule has 25 heavy (non-hydrogen) atoms. The quantitative estimate of drug-likeness (QED) is 0.788. The second-order valence-corrected chi connectivity index (χ2v) is 7.81. The van der Waals surface area contributed by atoms with Crippen molar-refractivity contribution in [2.45, 2.75) is 50.9 Å². The van der Waals surface area contributed by atoms with Crippen LogP contribution >= 0.6 is 0 Å². The molecule has 5 atom stereocenters. The maximum Gasteiger partial charge on any atom is 0.336 e. The first-order valence-electron chi connectivity index (χ1n) is 8.88. The van der Waals surface area contributed by atoms with E-state index < -0.39 is 17.2 Å². The SMILES string of the molecule is C[C@@H]1C[C@@]2(O)OC(=O)C3=C2[C@H](CCC3)[C@]12C[C@@H](c1ccoc1)OC2=O. The number of cyclic esters (lactones) is 1. The Morgan fingerprint density at radius 3 is 2.88 bits per heavy atom. The molecule has 1 saturated carbocycles. The monoisotopic (exact) mass is 344 g/mol. The summed E-state index contributed by atoms with van der Waals surface area (Å²) in [7, 11) is 0. The lowest BCUT2D eigenvalue weighted by Gasteiger charge is -2.49. The van der Waals surface area contributed by atoms with E-state index in [2.05, 4.69) is 0 Å². The molecule has 0 aromatic carbocycles. The first-order valence-corrected chi connectivity index (χ1v) is 8.88. The number of hydrogen-bond acceptors (Lipinski definition) is 6. The lowest BCUT2D eigenvalue weighted by Crippen LogP contribution is -2.54. The van der Waals surface area contributed by atoms with E-state index in [1.807, 2.05) is 13.0 Å². The van der Waals surface area contributed by atoms with Gasteiger partial charge in [-0.1, -0.05) is 6.92 Å². The van der Waals surface area contributed by atoms with Gasteiger partial charge in [-0.05, 0) is 31.2 Å². The highest BCUT2D eigenvalue weighted by molar-refractivity contribution is 5.94. The maximum absolute atomic E-state index is 13.1. The molecule has 3 heterocycles. The fraction of sp³-hybridized carbons (Fsp3) is 0.579. The van der Waals surface area contributed by atoms with Crippen LogP contribution in [0.1, 0.15) is 50.7 Å². The predicted molar refractivity (Wildman–Crippen MR) is 83.8 cm³/mol. The number of aliphatic hydroxyl groups is 1. The van der Waals surface area contributed by atoms with E-state index in [0.717, 1.165) is 18.4 Å². The van der Waals surface area contributed by atoms with E-state index in [1.54, 1.807) is 12.5 Å².